The molecule has 39 heavy (non-hydrogen) atoms. The van der Waals surface area contributed by atoms with Gasteiger partial charge in [0.25, 0.3) is 5.91 Å². The fraction of sp³-hybridized carbons (Fsp3) is 0.276. The van der Waals surface area contributed by atoms with E-state index in [0.29, 0.717) is 24.9 Å². The molecule has 0 radical (unpaired) electrons. The molecule has 6 rings (SSSR count). The van der Waals surface area contributed by atoms with Gasteiger partial charge in [0.1, 0.15) is 11.6 Å². The molecule has 1 saturated heterocycles. The van der Waals surface area contributed by atoms with Gasteiger partial charge in [-0.05, 0) is 79.6 Å². The number of anilines is 1. The Kier molecular flexibility index (Phi) is 6.60. The monoisotopic (exact) mass is 550 g/mol. The predicted octanol–water partition coefficient (Wildman–Crippen LogP) is 4.59. The summed E-state index contributed by atoms with van der Waals surface area (Å²) < 4.78 is 53.8. The molecule has 4 aromatic rings. The van der Waals surface area contributed by atoms with Crippen molar-refractivity contribution in [2.45, 2.75) is 36.7 Å². The summed E-state index contributed by atoms with van der Waals surface area (Å²) in [5.74, 6) is -0.948. The maximum Gasteiger partial charge on any atom is 0.251 e. The van der Waals surface area contributed by atoms with Gasteiger partial charge in [-0.2, -0.15) is 4.31 Å². The lowest BCUT2D eigenvalue weighted by Gasteiger charge is -2.31. The quantitative estimate of drug-likeness (QED) is 0.381. The standard InChI is InChI=1S/C29H28F2N4O3S/c30-20-2-6-23(7-3-20)34-14-13-28-26(18-34)25-17-19(1-10-27(25)33-28)29(36)32-22-11-15-35(16-12-22)39(37,38)24-8-4-21(31)5-9-24/h1-10,17,22,33H,11-16,18H2,(H,32,36). The fourth-order valence-corrected chi connectivity index (χ4v) is 6.96. The summed E-state index contributed by atoms with van der Waals surface area (Å²) >= 11 is 0. The maximum atomic E-state index is 13.4. The summed E-state index contributed by atoms with van der Waals surface area (Å²) in [4.78, 5) is 18.9. The number of nitrogens with zero attached hydrogens (tertiary/aromatic N) is 2. The van der Waals surface area contributed by atoms with Crippen LogP contribution in [-0.4, -0.2) is 49.3 Å². The Morgan fingerprint density at radius 2 is 1.56 bits per heavy atom. The lowest BCUT2D eigenvalue weighted by Crippen LogP contribution is -2.46. The van der Waals surface area contributed by atoms with E-state index in [1.807, 2.05) is 12.1 Å². The Bertz CT molecular complexity index is 1630. The van der Waals surface area contributed by atoms with Crippen LogP contribution in [0.5, 0.6) is 0 Å². The second-order valence-corrected chi connectivity index (χ2v) is 12.0. The van der Waals surface area contributed by atoms with E-state index in [2.05, 4.69) is 15.2 Å². The van der Waals surface area contributed by atoms with Crippen LogP contribution in [0.25, 0.3) is 10.9 Å². The number of piperidine rings is 1. The van der Waals surface area contributed by atoms with Gasteiger partial charge in [-0.1, -0.05) is 0 Å². The first kappa shape index (κ1) is 25.5. The number of carbonyl (C=O) groups excluding carboxylic acids is 1. The molecule has 202 valence electrons. The third-order valence-electron chi connectivity index (χ3n) is 7.67. The van der Waals surface area contributed by atoms with Crippen LogP contribution in [0.1, 0.15) is 34.5 Å². The molecule has 0 atom stereocenters. The van der Waals surface area contributed by atoms with Crippen molar-refractivity contribution < 1.29 is 22.0 Å². The SMILES string of the molecule is O=C(NC1CCN(S(=O)(=O)c2ccc(F)cc2)CC1)c1ccc2[nH]c3c(c2c1)CN(c1ccc(F)cc1)CC3. The Morgan fingerprint density at radius 3 is 2.26 bits per heavy atom. The number of aromatic amines is 1. The van der Waals surface area contributed by atoms with Gasteiger partial charge < -0.3 is 15.2 Å². The summed E-state index contributed by atoms with van der Waals surface area (Å²) in [5, 5.41) is 4.06. The Labute approximate surface area is 225 Å². The number of fused-ring (bicyclic) bond motifs is 3. The van der Waals surface area contributed by atoms with E-state index in [1.165, 1.54) is 28.6 Å². The van der Waals surface area contributed by atoms with Crippen molar-refractivity contribution in [3.05, 3.63) is 95.2 Å². The van der Waals surface area contributed by atoms with Gasteiger partial charge in [-0.15, -0.1) is 0 Å². The normalized spacial score (nSPS) is 16.8. The Hall–Kier alpha value is -3.76. The third kappa shape index (κ3) is 5.02. The van der Waals surface area contributed by atoms with E-state index in [-0.39, 0.29) is 35.8 Å². The largest absolute Gasteiger partial charge is 0.367 e. The van der Waals surface area contributed by atoms with Crippen molar-refractivity contribution in [1.29, 1.82) is 0 Å². The first-order valence-electron chi connectivity index (χ1n) is 13.0. The number of benzene rings is 3. The molecule has 2 aliphatic rings. The minimum absolute atomic E-state index is 0.0625. The van der Waals surface area contributed by atoms with Crippen LogP contribution >= 0.6 is 0 Å². The fourth-order valence-electron chi connectivity index (χ4n) is 5.49. The van der Waals surface area contributed by atoms with Gasteiger partial charge in [-0.3, -0.25) is 4.79 Å². The molecule has 0 saturated carbocycles. The molecule has 1 aromatic heterocycles. The van der Waals surface area contributed by atoms with E-state index in [4.69, 9.17) is 0 Å². The minimum Gasteiger partial charge on any atom is -0.367 e. The highest BCUT2D eigenvalue weighted by Crippen LogP contribution is 2.31. The Balaban J connectivity index is 1.13. The molecule has 2 aliphatic heterocycles. The topological polar surface area (TPSA) is 85.5 Å². The molecule has 1 fully saturated rings. The number of halogens is 2. The predicted molar refractivity (Wildman–Crippen MR) is 145 cm³/mol. The molecule has 2 N–H and O–H groups in total. The molecule has 3 heterocycles. The van der Waals surface area contributed by atoms with Crippen molar-refractivity contribution in [1.82, 2.24) is 14.6 Å². The van der Waals surface area contributed by atoms with Crippen LogP contribution in [0.3, 0.4) is 0 Å². The van der Waals surface area contributed by atoms with E-state index in [1.54, 1.807) is 18.2 Å². The molecule has 1 amide bonds. The number of hydrogen-bond donors (Lipinski definition) is 2. The zero-order valence-corrected chi connectivity index (χ0v) is 22.0. The molecule has 0 spiro atoms. The summed E-state index contributed by atoms with van der Waals surface area (Å²) in [6, 6.07) is 16.8. The number of amides is 1. The van der Waals surface area contributed by atoms with Crippen LogP contribution in [0.2, 0.25) is 0 Å². The number of H-pyrrole nitrogens is 1. The van der Waals surface area contributed by atoms with Crippen molar-refractivity contribution in [2.24, 2.45) is 0 Å². The molecule has 10 heteroatoms. The molecule has 7 nitrogen and oxygen atoms in total. The number of rotatable bonds is 5. The second kappa shape index (κ2) is 10.1. The average Bonchev–Trinajstić information content (AvgIpc) is 3.31. The van der Waals surface area contributed by atoms with Crippen LogP contribution in [0, 0.1) is 11.6 Å². The van der Waals surface area contributed by atoms with E-state index in [9.17, 15) is 22.0 Å². The highest BCUT2D eigenvalue weighted by atomic mass is 32.2. The number of hydrogen-bond acceptors (Lipinski definition) is 4. The van der Waals surface area contributed by atoms with Gasteiger partial charge in [0.05, 0.1) is 4.90 Å². The van der Waals surface area contributed by atoms with Crippen LogP contribution in [-0.2, 0) is 23.0 Å². The first-order valence-corrected chi connectivity index (χ1v) is 14.4. The van der Waals surface area contributed by atoms with Gasteiger partial charge in [0, 0.05) is 72.1 Å². The Morgan fingerprint density at radius 1 is 0.897 bits per heavy atom. The highest BCUT2D eigenvalue weighted by molar-refractivity contribution is 7.89. The highest BCUT2D eigenvalue weighted by Gasteiger charge is 2.30. The molecule has 0 bridgehead atoms. The van der Waals surface area contributed by atoms with E-state index < -0.39 is 15.8 Å². The number of sulfonamides is 1. The molecule has 3 aromatic carbocycles. The van der Waals surface area contributed by atoms with Crippen molar-refractivity contribution in [2.75, 3.05) is 24.5 Å². The van der Waals surface area contributed by atoms with Gasteiger partial charge >= 0.3 is 0 Å². The lowest BCUT2D eigenvalue weighted by molar-refractivity contribution is 0.0924. The maximum absolute atomic E-state index is 13.4. The first-order chi connectivity index (χ1) is 18.8. The van der Waals surface area contributed by atoms with E-state index >= 15 is 0 Å². The van der Waals surface area contributed by atoms with Crippen molar-refractivity contribution in [3.8, 4) is 0 Å². The van der Waals surface area contributed by atoms with Crippen LogP contribution in [0.4, 0.5) is 14.5 Å². The van der Waals surface area contributed by atoms with Crippen molar-refractivity contribution in [3.63, 3.8) is 0 Å². The van der Waals surface area contributed by atoms with E-state index in [0.717, 1.165) is 52.9 Å². The zero-order valence-electron chi connectivity index (χ0n) is 21.2. The average molecular weight is 551 g/mol. The molecular weight excluding hydrogens is 522 g/mol. The molecular formula is C29H28F2N4O3S. The summed E-state index contributed by atoms with van der Waals surface area (Å²) in [5.41, 5.74) is 4.75. The summed E-state index contributed by atoms with van der Waals surface area (Å²) in [6.07, 6.45) is 1.80. The van der Waals surface area contributed by atoms with Crippen molar-refractivity contribution >= 4 is 32.5 Å². The zero-order chi connectivity index (χ0) is 27.1. The minimum atomic E-state index is -3.71. The second-order valence-electron chi connectivity index (χ2n) is 10.1. The number of carbonyl (C=O) groups is 1. The van der Waals surface area contributed by atoms with Crippen LogP contribution in [0.15, 0.2) is 71.6 Å². The van der Waals surface area contributed by atoms with Gasteiger partial charge in [-0.25, -0.2) is 17.2 Å². The third-order valence-corrected chi connectivity index (χ3v) is 9.58. The smallest absolute Gasteiger partial charge is 0.251 e. The molecule has 0 aliphatic carbocycles. The van der Waals surface area contributed by atoms with Crippen LogP contribution < -0.4 is 10.2 Å². The van der Waals surface area contributed by atoms with Gasteiger partial charge in [0.15, 0.2) is 0 Å². The molecule has 0 unspecified atom stereocenters. The summed E-state index contributed by atoms with van der Waals surface area (Å²) in [7, 11) is -3.71. The van der Waals surface area contributed by atoms with Gasteiger partial charge in [0.2, 0.25) is 10.0 Å². The summed E-state index contributed by atoms with van der Waals surface area (Å²) in [6.45, 7) is 2.02. The number of nitrogens with one attached hydrogen (secondary N) is 2. The number of aromatic nitrogens is 1. The lowest BCUT2D eigenvalue weighted by atomic mass is 10.0.